The molecule has 1 unspecified atom stereocenters. The summed E-state index contributed by atoms with van der Waals surface area (Å²) < 4.78 is 5.82. The lowest BCUT2D eigenvalue weighted by atomic mass is 10.0. The Morgan fingerprint density at radius 2 is 1.73 bits per heavy atom. The minimum absolute atomic E-state index is 0.116. The van der Waals surface area contributed by atoms with Gasteiger partial charge in [-0.25, -0.2) is 9.97 Å². The second-order valence-electron chi connectivity index (χ2n) is 13.0. The fourth-order valence-corrected chi connectivity index (χ4v) is 8.60. The number of nitrogens with zero attached hydrogens (tertiary/aromatic N) is 7. The van der Waals surface area contributed by atoms with E-state index in [1.165, 1.54) is 51.6 Å². The summed E-state index contributed by atoms with van der Waals surface area (Å²) in [7, 11) is 3.51. The molecule has 45 heavy (non-hydrogen) atoms. The van der Waals surface area contributed by atoms with Crippen LogP contribution in [0.1, 0.15) is 70.4 Å². The van der Waals surface area contributed by atoms with E-state index in [1.54, 1.807) is 29.5 Å². The molecular weight excluding hydrogens is 584 g/mol. The number of benzene rings is 1. The monoisotopic (exact) mass is 630 g/mol. The molecule has 1 N–H and O–H groups in total. The van der Waals surface area contributed by atoms with Crippen LogP contribution in [0.3, 0.4) is 0 Å². The molecule has 0 spiro atoms. The van der Waals surface area contributed by atoms with Crippen molar-refractivity contribution in [2.24, 2.45) is 0 Å². The van der Waals surface area contributed by atoms with E-state index in [1.807, 2.05) is 19.2 Å². The van der Waals surface area contributed by atoms with Crippen LogP contribution in [0.25, 0.3) is 10.6 Å². The molecule has 7 rings (SSSR count). The molecular formula is C34H46N8O2S. The molecule has 0 bridgehead atoms. The Morgan fingerprint density at radius 3 is 2.44 bits per heavy atom. The van der Waals surface area contributed by atoms with Crippen molar-refractivity contribution in [3.63, 3.8) is 0 Å². The third-order valence-electron chi connectivity index (χ3n) is 10.3. The molecule has 4 aliphatic rings. The molecule has 11 heteroatoms. The van der Waals surface area contributed by atoms with Crippen molar-refractivity contribution < 1.29 is 9.53 Å². The van der Waals surface area contributed by atoms with Crippen molar-refractivity contribution in [1.82, 2.24) is 24.8 Å². The highest BCUT2D eigenvalue weighted by molar-refractivity contribution is 7.13. The highest BCUT2D eigenvalue weighted by atomic mass is 32.1. The number of rotatable bonds is 9. The number of nitrogens with one attached hydrogen (secondary N) is 1. The van der Waals surface area contributed by atoms with Crippen LogP contribution in [0.5, 0.6) is 5.75 Å². The van der Waals surface area contributed by atoms with Gasteiger partial charge in [-0.3, -0.25) is 14.6 Å². The van der Waals surface area contributed by atoms with Gasteiger partial charge in [0.15, 0.2) is 5.82 Å². The van der Waals surface area contributed by atoms with Crippen LogP contribution < -0.4 is 19.9 Å². The first-order valence-corrected chi connectivity index (χ1v) is 17.7. The number of methoxy groups -OCH3 is 1. The van der Waals surface area contributed by atoms with E-state index in [0.29, 0.717) is 17.7 Å². The van der Waals surface area contributed by atoms with E-state index in [0.717, 1.165) is 78.4 Å². The number of thiazole rings is 1. The minimum Gasteiger partial charge on any atom is -0.495 e. The van der Waals surface area contributed by atoms with Crippen LogP contribution in [0, 0.1) is 0 Å². The van der Waals surface area contributed by atoms with Crippen LogP contribution in [0.4, 0.5) is 23.1 Å². The molecule has 1 amide bonds. The van der Waals surface area contributed by atoms with Gasteiger partial charge < -0.3 is 19.9 Å². The summed E-state index contributed by atoms with van der Waals surface area (Å²) in [5.41, 5.74) is 3.72. The number of hydrogen-bond donors (Lipinski definition) is 1. The molecule has 2 saturated carbocycles. The van der Waals surface area contributed by atoms with E-state index >= 15 is 0 Å². The van der Waals surface area contributed by atoms with Gasteiger partial charge in [0.1, 0.15) is 22.5 Å². The van der Waals surface area contributed by atoms with Gasteiger partial charge in [0, 0.05) is 62.8 Å². The number of carbonyl (C=O) groups excluding carboxylic acids is 1. The molecule has 1 aromatic carbocycles. The van der Waals surface area contributed by atoms with E-state index in [4.69, 9.17) is 14.7 Å². The molecule has 4 heterocycles. The molecule has 1 atom stereocenters. The lowest BCUT2D eigenvalue weighted by molar-refractivity contribution is -0.120. The van der Waals surface area contributed by atoms with Crippen molar-refractivity contribution in [1.29, 1.82) is 0 Å². The van der Waals surface area contributed by atoms with Gasteiger partial charge in [-0.2, -0.15) is 4.98 Å². The first-order chi connectivity index (χ1) is 22.0. The Hall–Kier alpha value is -3.28. The van der Waals surface area contributed by atoms with E-state index in [-0.39, 0.29) is 11.9 Å². The van der Waals surface area contributed by atoms with Gasteiger partial charge >= 0.3 is 0 Å². The number of hydrogen-bond acceptors (Lipinski definition) is 10. The Labute approximate surface area is 270 Å². The van der Waals surface area contributed by atoms with Crippen molar-refractivity contribution >= 4 is 40.4 Å². The number of piperazine rings is 1. The normalized spacial score (nSPS) is 21.9. The van der Waals surface area contributed by atoms with Crippen molar-refractivity contribution in [2.45, 2.75) is 89.4 Å². The second-order valence-corrected chi connectivity index (χ2v) is 13.9. The molecule has 0 radical (unpaired) electrons. The molecule has 1 saturated heterocycles. The number of ether oxygens (including phenoxy) is 1. The number of carbonyl (C=O) groups is 1. The van der Waals surface area contributed by atoms with Gasteiger partial charge in [0.2, 0.25) is 11.9 Å². The minimum atomic E-state index is -0.202. The zero-order valence-electron chi connectivity index (χ0n) is 26.9. The number of aromatic nitrogens is 3. The summed E-state index contributed by atoms with van der Waals surface area (Å²) in [6, 6.07) is 7.07. The quantitative estimate of drug-likeness (QED) is 0.310. The van der Waals surface area contributed by atoms with Gasteiger partial charge in [0.05, 0.1) is 24.7 Å². The number of amides is 1. The van der Waals surface area contributed by atoms with Gasteiger partial charge in [-0.05, 0) is 50.3 Å². The fourth-order valence-electron chi connectivity index (χ4n) is 7.79. The van der Waals surface area contributed by atoms with Crippen molar-refractivity contribution in [3.8, 4) is 16.3 Å². The van der Waals surface area contributed by atoms with Crippen LogP contribution in [-0.4, -0.2) is 89.1 Å². The summed E-state index contributed by atoms with van der Waals surface area (Å²) in [5.74, 6) is 2.15. The number of anilines is 4. The van der Waals surface area contributed by atoms with Crippen molar-refractivity contribution in [2.75, 3.05) is 55.5 Å². The van der Waals surface area contributed by atoms with E-state index < -0.39 is 0 Å². The van der Waals surface area contributed by atoms with E-state index in [9.17, 15) is 4.79 Å². The Balaban J connectivity index is 1.05. The summed E-state index contributed by atoms with van der Waals surface area (Å²) in [5, 5.41) is 6.59. The fraction of sp³-hybridized carbons (Fsp3) is 0.588. The average Bonchev–Trinajstić information content (AvgIpc) is 3.87. The number of fused-ring (bicyclic) bond motifs is 1. The third kappa shape index (κ3) is 6.14. The molecule has 2 aliphatic heterocycles. The average molecular weight is 631 g/mol. The highest BCUT2D eigenvalue weighted by Crippen LogP contribution is 2.41. The largest absolute Gasteiger partial charge is 0.495 e. The topological polar surface area (TPSA) is 90.0 Å². The summed E-state index contributed by atoms with van der Waals surface area (Å²) in [6.07, 6.45) is 12.6. The predicted octanol–water partition coefficient (Wildman–Crippen LogP) is 5.92. The summed E-state index contributed by atoms with van der Waals surface area (Å²) in [6.45, 7) is 7.57. The SMILES string of the molecule is CCC1C(=O)N(C)c2cnc(Nc3ccc(-c4nc(CN5CCN(C6CCCC6)CC5)cs4)cc3OC)nc2N1C1CCCC1. The first-order valence-electron chi connectivity index (χ1n) is 16.8. The van der Waals surface area contributed by atoms with Crippen LogP contribution in [0.2, 0.25) is 0 Å². The Bertz CT molecular complexity index is 1490. The second kappa shape index (κ2) is 13.2. The highest BCUT2D eigenvalue weighted by Gasteiger charge is 2.41. The predicted molar refractivity (Wildman–Crippen MR) is 181 cm³/mol. The van der Waals surface area contributed by atoms with Crippen LogP contribution in [-0.2, 0) is 11.3 Å². The maximum absolute atomic E-state index is 13.2. The molecule has 3 fully saturated rings. The summed E-state index contributed by atoms with van der Waals surface area (Å²) >= 11 is 1.68. The Morgan fingerprint density at radius 1 is 1.00 bits per heavy atom. The first kappa shape index (κ1) is 30.4. The molecule has 240 valence electrons. The Kier molecular flexibility index (Phi) is 8.92. The standard InChI is InChI=1S/C34H46N8O2S/c1-4-28-33(43)39(2)29-20-35-34(38-31(29)42(28)26-11-7-8-12-26)37-27-14-13-23(19-30(27)44-3)32-36-24(22-45-32)21-40-15-17-41(18-16-40)25-9-5-6-10-25/h13-14,19-20,22,25-26,28H,4-12,15-18,21H2,1-3H3,(H,35,37,38). The third-order valence-corrected chi connectivity index (χ3v) is 11.2. The molecule has 2 aromatic heterocycles. The van der Waals surface area contributed by atoms with Crippen molar-refractivity contribution in [3.05, 3.63) is 35.5 Å². The van der Waals surface area contributed by atoms with Gasteiger partial charge in [-0.15, -0.1) is 11.3 Å². The molecule has 3 aromatic rings. The molecule has 10 nitrogen and oxygen atoms in total. The van der Waals surface area contributed by atoms with Gasteiger partial charge in [-0.1, -0.05) is 32.6 Å². The summed E-state index contributed by atoms with van der Waals surface area (Å²) in [4.78, 5) is 37.1. The van der Waals surface area contributed by atoms with E-state index in [2.05, 4.69) is 43.4 Å². The zero-order chi connectivity index (χ0) is 30.9. The molecule has 2 aliphatic carbocycles. The zero-order valence-corrected chi connectivity index (χ0v) is 27.7. The number of likely N-dealkylation sites (N-methyl/N-ethyl adjacent to an activating group) is 1. The lowest BCUT2D eigenvalue weighted by Gasteiger charge is -2.43. The smallest absolute Gasteiger partial charge is 0.249 e. The van der Waals surface area contributed by atoms with Crippen LogP contribution >= 0.6 is 11.3 Å². The van der Waals surface area contributed by atoms with Gasteiger partial charge in [0.25, 0.3) is 0 Å². The maximum atomic E-state index is 13.2. The van der Waals surface area contributed by atoms with Crippen LogP contribution in [0.15, 0.2) is 29.8 Å². The lowest BCUT2D eigenvalue weighted by Crippen LogP contribution is -2.55. The maximum Gasteiger partial charge on any atom is 0.249 e.